The lowest BCUT2D eigenvalue weighted by Crippen LogP contribution is -2.39. The maximum atomic E-state index is 12.9. The molecule has 1 aromatic heterocycles. The molecule has 0 spiro atoms. The minimum atomic E-state index is -0.423. The van der Waals surface area contributed by atoms with Crippen LogP contribution in [0.25, 0.3) is 10.9 Å². The molecule has 0 fully saturated rings. The summed E-state index contributed by atoms with van der Waals surface area (Å²) in [6.45, 7) is 7.17. The number of nitrogens with one attached hydrogen (secondary N) is 1. The van der Waals surface area contributed by atoms with Crippen LogP contribution in [0.2, 0.25) is 0 Å². The second-order valence-corrected chi connectivity index (χ2v) is 10.1. The normalized spacial score (nSPS) is 11.8. The number of aliphatic imine (C=N–C) groups is 1. The number of esters is 1. The van der Waals surface area contributed by atoms with Gasteiger partial charge in [-0.05, 0) is 57.4 Å². The maximum Gasteiger partial charge on any atom is 0.338 e. The highest BCUT2D eigenvalue weighted by molar-refractivity contribution is 6.22. The molecule has 0 aliphatic heterocycles. The van der Waals surface area contributed by atoms with Crippen molar-refractivity contribution in [3.05, 3.63) is 89.5 Å². The number of hydrogen-bond acceptors (Lipinski definition) is 6. The average Bonchev–Trinajstić information content (AvgIpc) is 3.27. The minimum Gasteiger partial charge on any atom is -0.494 e. The molecule has 8 nitrogen and oxygen atoms in total. The molecule has 208 valence electrons. The molecule has 0 aliphatic carbocycles. The summed E-state index contributed by atoms with van der Waals surface area (Å²) in [5, 5.41) is 11.7. The summed E-state index contributed by atoms with van der Waals surface area (Å²) in [4.78, 5) is 37.0. The van der Waals surface area contributed by atoms with E-state index in [0.29, 0.717) is 34.6 Å². The summed E-state index contributed by atoms with van der Waals surface area (Å²) >= 11 is 0. The zero-order chi connectivity index (χ0) is 28.8. The third-order valence-electron chi connectivity index (χ3n) is 6.51. The summed E-state index contributed by atoms with van der Waals surface area (Å²) in [6.07, 6.45) is 0. The second kappa shape index (κ2) is 12.6. The Kier molecular flexibility index (Phi) is 9.01. The second-order valence-electron chi connectivity index (χ2n) is 10.1. The van der Waals surface area contributed by atoms with Crippen molar-refractivity contribution >= 4 is 39.9 Å². The number of H-pyrrole nitrogens is 1. The Morgan fingerprint density at radius 1 is 0.950 bits per heavy atom. The van der Waals surface area contributed by atoms with Crippen molar-refractivity contribution in [1.29, 1.82) is 0 Å². The Hall–Kier alpha value is -4.43. The van der Waals surface area contributed by atoms with Crippen LogP contribution >= 0.6 is 0 Å². The van der Waals surface area contributed by atoms with E-state index in [1.165, 1.54) is 0 Å². The number of anilines is 1. The number of likely N-dealkylation sites (N-methyl/N-ethyl adjacent to an activating group) is 1. The van der Waals surface area contributed by atoms with Crippen LogP contribution in [0, 0.1) is 5.92 Å². The lowest BCUT2D eigenvalue weighted by molar-refractivity contribution is -0.121. The van der Waals surface area contributed by atoms with E-state index in [-0.39, 0.29) is 24.3 Å². The Morgan fingerprint density at radius 2 is 1.65 bits per heavy atom. The summed E-state index contributed by atoms with van der Waals surface area (Å²) in [7, 11) is 3.97. The van der Waals surface area contributed by atoms with E-state index in [9.17, 15) is 14.7 Å². The lowest BCUT2D eigenvalue weighted by atomic mass is 10.00. The molecule has 0 radical (unpaired) electrons. The first-order chi connectivity index (χ1) is 19.2. The molecule has 0 saturated heterocycles. The van der Waals surface area contributed by atoms with Gasteiger partial charge in [-0.1, -0.05) is 50.2 Å². The molecule has 0 atom stereocenters. The number of benzene rings is 3. The third kappa shape index (κ3) is 6.40. The molecular formula is C32H36N4O4. The van der Waals surface area contributed by atoms with E-state index in [1.54, 1.807) is 25.1 Å². The number of fused-ring (bicyclic) bond motifs is 1. The first-order valence-electron chi connectivity index (χ1n) is 13.4. The lowest BCUT2D eigenvalue weighted by Gasteiger charge is -2.26. The number of rotatable bonds is 10. The fourth-order valence-electron chi connectivity index (χ4n) is 4.44. The molecule has 8 heteroatoms. The van der Waals surface area contributed by atoms with Crippen molar-refractivity contribution in [3.63, 3.8) is 0 Å². The molecule has 1 amide bonds. The van der Waals surface area contributed by atoms with Gasteiger partial charge in [0.05, 0.1) is 29.1 Å². The zero-order valence-electron chi connectivity index (χ0n) is 23.6. The Balaban J connectivity index is 1.77. The molecule has 0 bridgehead atoms. The van der Waals surface area contributed by atoms with Gasteiger partial charge < -0.3 is 24.6 Å². The summed E-state index contributed by atoms with van der Waals surface area (Å²) in [5.74, 6) is -0.534. The van der Waals surface area contributed by atoms with Gasteiger partial charge in [-0.15, -0.1) is 0 Å². The first kappa shape index (κ1) is 28.6. The van der Waals surface area contributed by atoms with Crippen LogP contribution < -0.4 is 4.90 Å². The zero-order valence-corrected chi connectivity index (χ0v) is 23.6. The van der Waals surface area contributed by atoms with Crippen LogP contribution in [0.3, 0.4) is 0 Å². The van der Waals surface area contributed by atoms with Crippen molar-refractivity contribution in [2.75, 3.05) is 38.7 Å². The number of aromatic nitrogens is 1. The van der Waals surface area contributed by atoms with Crippen molar-refractivity contribution in [2.45, 2.75) is 20.8 Å². The third-order valence-corrected chi connectivity index (χ3v) is 6.51. The number of aromatic hydroxyl groups is 1. The highest BCUT2D eigenvalue weighted by Gasteiger charge is 2.21. The van der Waals surface area contributed by atoms with Crippen LogP contribution in [0.5, 0.6) is 5.88 Å². The summed E-state index contributed by atoms with van der Waals surface area (Å²) in [6, 6.07) is 22.3. The highest BCUT2D eigenvalue weighted by Crippen LogP contribution is 2.32. The van der Waals surface area contributed by atoms with Gasteiger partial charge in [0.25, 0.3) is 0 Å². The molecule has 4 rings (SSSR count). The molecule has 4 aromatic rings. The van der Waals surface area contributed by atoms with Crippen molar-refractivity contribution in [3.8, 4) is 5.88 Å². The van der Waals surface area contributed by atoms with Gasteiger partial charge in [0.1, 0.15) is 0 Å². The number of nitrogens with zero attached hydrogens (tertiary/aromatic N) is 3. The van der Waals surface area contributed by atoms with Gasteiger partial charge in [0.2, 0.25) is 5.91 Å². The van der Waals surface area contributed by atoms with Gasteiger partial charge >= 0.3 is 5.97 Å². The van der Waals surface area contributed by atoms with Crippen LogP contribution in [-0.2, 0) is 9.53 Å². The molecular weight excluding hydrogens is 504 g/mol. The Bertz CT molecular complexity index is 1510. The van der Waals surface area contributed by atoms with Crippen LogP contribution in [0.15, 0.2) is 77.8 Å². The SMILES string of the molecule is CCOC(=O)c1ccc2c(C(=Nc3ccc(N(CCN(C)C)C(=O)C(C)C)cc3)c3ccccc3)c(O)[nH]c2c1. The van der Waals surface area contributed by atoms with Crippen LogP contribution in [-0.4, -0.2) is 66.4 Å². The van der Waals surface area contributed by atoms with Crippen molar-refractivity contribution in [2.24, 2.45) is 10.9 Å². The maximum absolute atomic E-state index is 12.9. The first-order valence-corrected chi connectivity index (χ1v) is 13.4. The molecule has 0 aliphatic rings. The van der Waals surface area contributed by atoms with Gasteiger partial charge in [0, 0.05) is 41.2 Å². The fourth-order valence-corrected chi connectivity index (χ4v) is 4.44. The van der Waals surface area contributed by atoms with Crippen LogP contribution in [0.1, 0.15) is 42.3 Å². The average molecular weight is 541 g/mol. The van der Waals surface area contributed by atoms with Gasteiger partial charge in [-0.3, -0.25) is 4.79 Å². The minimum absolute atomic E-state index is 0.0485. The predicted octanol–water partition coefficient (Wildman–Crippen LogP) is 5.77. The van der Waals surface area contributed by atoms with E-state index in [0.717, 1.165) is 23.2 Å². The highest BCUT2D eigenvalue weighted by atomic mass is 16.5. The van der Waals surface area contributed by atoms with Crippen LogP contribution in [0.4, 0.5) is 11.4 Å². The molecule has 40 heavy (non-hydrogen) atoms. The summed E-state index contributed by atoms with van der Waals surface area (Å²) in [5.41, 5.74) is 4.39. The monoisotopic (exact) mass is 540 g/mol. The largest absolute Gasteiger partial charge is 0.494 e. The van der Waals surface area contributed by atoms with E-state index in [1.807, 2.05) is 87.4 Å². The number of carbonyl (C=O) groups excluding carboxylic acids is 2. The van der Waals surface area contributed by atoms with Crippen molar-refractivity contribution in [1.82, 2.24) is 9.88 Å². The van der Waals surface area contributed by atoms with Crippen molar-refractivity contribution < 1.29 is 19.4 Å². The molecule has 0 unspecified atom stereocenters. The summed E-state index contributed by atoms with van der Waals surface area (Å²) < 4.78 is 5.12. The van der Waals surface area contributed by atoms with Gasteiger partial charge in [0.15, 0.2) is 5.88 Å². The smallest absolute Gasteiger partial charge is 0.338 e. The Labute approximate surface area is 234 Å². The number of aromatic amines is 1. The predicted molar refractivity (Wildman–Crippen MR) is 160 cm³/mol. The molecule has 3 aromatic carbocycles. The van der Waals surface area contributed by atoms with Gasteiger partial charge in [-0.25, -0.2) is 9.79 Å². The molecule has 0 saturated carbocycles. The Morgan fingerprint density at radius 3 is 2.27 bits per heavy atom. The van der Waals surface area contributed by atoms with E-state index in [4.69, 9.17) is 9.73 Å². The number of ether oxygens (including phenoxy) is 1. The van der Waals surface area contributed by atoms with E-state index < -0.39 is 5.97 Å². The van der Waals surface area contributed by atoms with E-state index in [2.05, 4.69) is 9.88 Å². The quantitative estimate of drug-likeness (QED) is 0.197. The molecule has 1 heterocycles. The topological polar surface area (TPSA) is 98.2 Å². The standard InChI is InChI=1S/C32H36N4O4/c1-6-40-32(39)23-12-17-26-27(20-23)34-30(37)28(26)29(22-10-8-7-9-11-22)33-24-13-15-25(16-14-24)36(19-18-35(4)5)31(38)21(2)3/h7-17,20-21,34,37H,6,18-19H2,1-5H3. The van der Waals surface area contributed by atoms with E-state index >= 15 is 0 Å². The molecule has 2 N–H and O–H groups in total. The van der Waals surface area contributed by atoms with Gasteiger partial charge in [-0.2, -0.15) is 0 Å². The number of amides is 1. The number of hydrogen-bond donors (Lipinski definition) is 2. The fraction of sp³-hybridized carbons (Fsp3) is 0.281. The number of carbonyl (C=O) groups is 2.